The van der Waals surface area contributed by atoms with Gasteiger partial charge in [0.05, 0.1) is 25.8 Å². The van der Waals surface area contributed by atoms with Crippen LogP contribution in [0.25, 0.3) is 0 Å². The zero-order valence-corrected chi connectivity index (χ0v) is 13.0. The van der Waals surface area contributed by atoms with Gasteiger partial charge in [0, 0.05) is 11.8 Å². The zero-order valence-electron chi connectivity index (χ0n) is 12.2. The molecule has 0 aromatic heterocycles. The summed E-state index contributed by atoms with van der Waals surface area (Å²) in [5.41, 5.74) is 0.847. The monoisotopic (exact) mass is 296 g/mol. The Balaban J connectivity index is 2.41. The largest absolute Gasteiger partial charge is 0.351 e. The number of amides is 2. The Kier molecular flexibility index (Phi) is 7.11. The fraction of sp³-hybridized carbons (Fsp3) is 0.429. The van der Waals surface area contributed by atoms with Crippen LogP contribution in [0.4, 0.5) is 5.69 Å². The third-order valence-electron chi connectivity index (χ3n) is 2.77. The van der Waals surface area contributed by atoms with Gasteiger partial charge in [0.1, 0.15) is 0 Å². The van der Waals surface area contributed by atoms with E-state index >= 15 is 0 Å². The minimum atomic E-state index is -0.0452. The van der Waals surface area contributed by atoms with Gasteiger partial charge in [-0.1, -0.05) is 12.1 Å². The number of hydrogen-bond donors (Lipinski definition) is 3. The molecule has 1 rings (SSSR count). The molecule has 6 heteroatoms. The number of thioether (sulfide) groups is 1. The summed E-state index contributed by atoms with van der Waals surface area (Å²) in [4.78, 5) is 24.8. The Bertz CT molecular complexity index is 465. The van der Waals surface area contributed by atoms with Crippen molar-refractivity contribution in [2.45, 2.75) is 11.8 Å². The molecule has 0 aliphatic carbocycles. The quantitative estimate of drug-likeness (QED) is 0.621. The summed E-state index contributed by atoms with van der Waals surface area (Å²) in [5, 5.41) is 5.65. The Labute approximate surface area is 124 Å². The minimum Gasteiger partial charge on any atom is -0.351 e. The molecule has 1 aromatic rings. The second kappa shape index (κ2) is 8.60. The summed E-state index contributed by atoms with van der Waals surface area (Å²) >= 11 is 1.60. The lowest BCUT2D eigenvalue weighted by molar-refractivity contribution is -0.869. The molecular weight excluding hydrogens is 274 g/mol. The molecule has 0 radical (unpaired) electrons. The number of anilines is 1. The van der Waals surface area contributed by atoms with Crippen molar-refractivity contribution >= 4 is 29.3 Å². The first kappa shape index (κ1) is 16.5. The highest BCUT2D eigenvalue weighted by atomic mass is 32.2. The maximum atomic E-state index is 12.0. The van der Waals surface area contributed by atoms with Crippen LogP contribution in [0, 0.1) is 0 Å². The third kappa shape index (κ3) is 6.08. The van der Waals surface area contributed by atoms with Crippen molar-refractivity contribution in [3.63, 3.8) is 0 Å². The summed E-state index contributed by atoms with van der Waals surface area (Å²) in [6.45, 7) is 3.16. The maximum Gasteiger partial charge on any atom is 0.279 e. The van der Waals surface area contributed by atoms with E-state index in [0.717, 1.165) is 22.0 Å². The lowest BCUT2D eigenvalue weighted by Crippen LogP contribution is -3.10. The van der Waals surface area contributed by atoms with Crippen molar-refractivity contribution < 1.29 is 14.5 Å². The molecule has 1 aromatic carbocycles. The molecule has 0 aliphatic heterocycles. The van der Waals surface area contributed by atoms with Crippen molar-refractivity contribution in [1.29, 1.82) is 0 Å². The molecule has 0 fully saturated rings. The van der Waals surface area contributed by atoms with Crippen LogP contribution in [0.3, 0.4) is 0 Å². The van der Waals surface area contributed by atoms with E-state index in [1.165, 1.54) is 6.92 Å². The molecule has 0 aliphatic rings. The Morgan fingerprint density at radius 2 is 2.00 bits per heavy atom. The van der Waals surface area contributed by atoms with Crippen LogP contribution in [0.15, 0.2) is 29.2 Å². The van der Waals surface area contributed by atoms with Crippen LogP contribution < -0.4 is 15.5 Å². The molecule has 0 saturated carbocycles. The SMILES string of the molecule is CSc1ccccc1NC(=O)C[NH+](C)CCNC(C)=O. The van der Waals surface area contributed by atoms with Crippen LogP contribution in [0.5, 0.6) is 0 Å². The molecule has 2 amide bonds. The van der Waals surface area contributed by atoms with E-state index < -0.39 is 0 Å². The van der Waals surface area contributed by atoms with Gasteiger partial charge in [-0.2, -0.15) is 0 Å². The van der Waals surface area contributed by atoms with Gasteiger partial charge in [0.15, 0.2) is 6.54 Å². The second-order valence-corrected chi connectivity index (χ2v) is 5.46. The van der Waals surface area contributed by atoms with Gasteiger partial charge in [0.2, 0.25) is 5.91 Å². The zero-order chi connectivity index (χ0) is 15.0. The van der Waals surface area contributed by atoms with E-state index in [9.17, 15) is 9.59 Å². The summed E-state index contributed by atoms with van der Waals surface area (Å²) < 4.78 is 0. The highest BCUT2D eigenvalue weighted by Gasteiger charge is 2.11. The van der Waals surface area contributed by atoms with Gasteiger partial charge in [-0.25, -0.2) is 0 Å². The average Bonchev–Trinajstić information content (AvgIpc) is 2.38. The summed E-state index contributed by atoms with van der Waals surface area (Å²) in [7, 11) is 1.93. The summed E-state index contributed by atoms with van der Waals surface area (Å²) in [5.74, 6) is -0.0667. The molecule has 110 valence electrons. The summed E-state index contributed by atoms with van der Waals surface area (Å²) in [6, 6.07) is 7.74. The van der Waals surface area contributed by atoms with Crippen molar-refractivity contribution in [1.82, 2.24) is 5.32 Å². The number of quaternary nitrogens is 1. The van der Waals surface area contributed by atoms with Crippen LogP contribution in [-0.2, 0) is 9.59 Å². The predicted octanol–water partition coefficient (Wildman–Crippen LogP) is -0.00220. The summed E-state index contributed by atoms with van der Waals surface area (Å²) in [6.07, 6.45) is 1.98. The van der Waals surface area contributed by atoms with E-state index in [4.69, 9.17) is 0 Å². The minimum absolute atomic E-state index is 0.0215. The first-order chi connectivity index (χ1) is 9.52. The lowest BCUT2D eigenvalue weighted by Gasteiger charge is -2.14. The first-order valence-corrected chi connectivity index (χ1v) is 7.74. The molecule has 1 atom stereocenters. The highest BCUT2D eigenvalue weighted by molar-refractivity contribution is 7.98. The number of para-hydroxylation sites is 1. The lowest BCUT2D eigenvalue weighted by atomic mass is 10.3. The van der Waals surface area contributed by atoms with Gasteiger partial charge in [-0.15, -0.1) is 11.8 Å². The molecule has 5 nitrogen and oxygen atoms in total. The van der Waals surface area contributed by atoms with Gasteiger partial charge in [-0.05, 0) is 18.4 Å². The third-order valence-corrected chi connectivity index (χ3v) is 3.56. The Morgan fingerprint density at radius 3 is 2.65 bits per heavy atom. The molecule has 0 saturated heterocycles. The van der Waals surface area contributed by atoms with Crippen LogP contribution in [0.2, 0.25) is 0 Å². The fourth-order valence-electron chi connectivity index (χ4n) is 1.76. The van der Waals surface area contributed by atoms with Crippen LogP contribution in [-0.4, -0.2) is 44.8 Å². The molecular formula is C14H22N3O2S+. The van der Waals surface area contributed by atoms with Crippen LogP contribution in [0.1, 0.15) is 6.92 Å². The second-order valence-electron chi connectivity index (χ2n) is 4.62. The molecule has 1 unspecified atom stereocenters. The smallest absolute Gasteiger partial charge is 0.279 e. The highest BCUT2D eigenvalue weighted by Crippen LogP contribution is 2.24. The average molecular weight is 296 g/mol. The number of rotatable bonds is 7. The number of likely N-dealkylation sites (N-methyl/N-ethyl adjacent to an activating group) is 1. The first-order valence-electron chi connectivity index (χ1n) is 6.51. The molecule has 0 spiro atoms. The number of nitrogens with one attached hydrogen (secondary N) is 3. The van der Waals surface area contributed by atoms with Gasteiger partial charge in [-0.3, -0.25) is 9.59 Å². The Morgan fingerprint density at radius 1 is 1.30 bits per heavy atom. The van der Waals surface area contributed by atoms with Crippen molar-refractivity contribution in [2.24, 2.45) is 0 Å². The van der Waals surface area contributed by atoms with Crippen molar-refractivity contribution in [2.75, 3.05) is 38.3 Å². The number of carbonyl (C=O) groups is 2. The normalized spacial score (nSPS) is 11.8. The van der Waals surface area contributed by atoms with Crippen molar-refractivity contribution in [3.05, 3.63) is 24.3 Å². The molecule has 20 heavy (non-hydrogen) atoms. The van der Waals surface area contributed by atoms with E-state index in [0.29, 0.717) is 13.1 Å². The topological polar surface area (TPSA) is 62.6 Å². The molecule has 3 N–H and O–H groups in total. The van der Waals surface area contributed by atoms with E-state index in [1.54, 1.807) is 11.8 Å². The van der Waals surface area contributed by atoms with Crippen molar-refractivity contribution in [3.8, 4) is 0 Å². The number of benzene rings is 1. The molecule has 0 heterocycles. The fourth-order valence-corrected chi connectivity index (χ4v) is 2.31. The van der Waals surface area contributed by atoms with Gasteiger partial charge >= 0.3 is 0 Å². The predicted molar refractivity (Wildman–Crippen MR) is 82.2 cm³/mol. The number of carbonyl (C=O) groups excluding carboxylic acids is 2. The van der Waals surface area contributed by atoms with Crippen LogP contribution >= 0.6 is 11.8 Å². The van der Waals surface area contributed by atoms with E-state index in [2.05, 4.69) is 10.6 Å². The molecule has 0 bridgehead atoms. The number of hydrogen-bond acceptors (Lipinski definition) is 3. The van der Waals surface area contributed by atoms with Gasteiger partial charge in [0.25, 0.3) is 5.91 Å². The maximum absolute atomic E-state index is 12.0. The van der Waals surface area contributed by atoms with E-state index in [-0.39, 0.29) is 11.8 Å². The Hall–Kier alpha value is -1.53. The van der Waals surface area contributed by atoms with E-state index in [1.807, 2.05) is 37.6 Å². The van der Waals surface area contributed by atoms with Gasteiger partial charge < -0.3 is 15.5 Å². The standard InChI is InChI=1S/C14H21N3O2S/c1-11(18)15-8-9-17(2)10-14(19)16-12-6-4-5-7-13(12)20-3/h4-7H,8-10H2,1-3H3,(H,15,18)(H,16,19)/p+1.